The fourth-order valence-corrected chi connectivity index (χ4v) is 4.22. The van der Waals surface area contributed by atoms with Crippen molar-refractivity contribution < 1.29 is 14.3 Å². The molecule has 3 aromatic heterocycles. The highest BCUT2D eigenvalue weighted by atomic mass is 32.1. The summed E-state index contributed by atoms with van der Waals surface area (Å²) in [7, 11) is 3.25. The summed E-state index contributed by atoms with van der Waals surface area (Å²) in [5.74, 6) is 1.36. The molecular weight excluding hydrogens is 424 g/mol. The third-order valence-electron chi connectivity index (χ3n) is 5.10. The summed E-state index contributed by atoms with van der Waals surface area (Å²) < 4.78 is 12.6. The molecule has 0 aliphatic rings. The SMILES string of the molecule is C=CCN(Cc1cccs1)C(=O)c1cnc2c(cnn2Cc2ccc(OC)cc2OC)c1. The molecule has 7 nitrogen and oxygen atoms in total. The minimum atomic E-state index is -0.0859. The Morgan fingerprint density at radius 1 is 1.22 bits per heavy atom. The molecule has 0 N–H and O–H groups in total. The van der Waals surface area contributed by atoms with Gasteiger partial charge in [-0.2, -0.15) is 5.10 Å². The zero-order valence-corrected chi connectivity index (χ0v) is 18.8. The van der Waals surface area contributed by atoms with Crippen molar-refractivity contribution in [2.75, 3.05) is 20.8 Å². The molecule has 1 amide bonds. The highest BCUT2D eigenvalue weighted by molar-refractivity contribution is 7.09. The van der Waals surface area contributed by atoms with Crippen LogP contribution in [0.4, 0.5) is 0 Å². The van der Waals surface area contributed by atoms with Crippen molar-refractivity contribution in [3.05, 3.63) is 82.8 Å². The Kier molecular flexibility index (Phi) is 6.51. The fraction of sp³-hybridized carbons (Fsp3) is 0.208. The van der Waals surface area contributed by atoms with E-state index < -0.39 is 0 Å². The van der Waals surface area contributed by atoms with E-state index >= 15 is 0 Å². The Morgan fingerprint density at radius 2 is 2.09 bits per heavy atom. The smallest absolute Gasteiger partial charge is 0.256 e. The number of thiophene rings is 1. The Balaban J connectivity index is 1.58. The maximum atomic E-state index is 13.1. The summed E-state index contributed by atoms with van der Waals surface area (Å²) in [5, 5.41) is 7.29. The van der Waals surface area contributed by atoms with Crippen molar-refractivity contribution in [3.8, 4) is 11.5 Å². The standard InChI is InChI=1S/C24H24N4O3S/c1-4-9-27(16-21-6-5-10-32-21)24(29)19-11-18-14-26-28(23(18)25-13-19)15-17-7-8-20(30-2)12-22(17)31-3/h4-8,10-14H,1,9,15-16H2,2-3H3. The number of nitrogens with zero attached hydrogens (tertiary/aromatic N) is 4. The molecule has 1 aromatic carbocycles. The van der Waals surface area contributed by atoms with Gasteiger partial charge in [0.2, 0.25) is 0 Å². The van der Waals surface area contributed by atoms with Gasteiger partial charge in [0.25, 0.3) is 5.91 Å². The number of rotatable bonds is 9. The number of hydrogen-bond donors (Lipinski definition) is 0. The number of pyridine rings is 1. The first kappa shape index (κ1) is 21.6. The van der Waals surface area contributed by atoms with Gasteiger partial charge in [-0.3, -0.25) is 4.79 Å². The number of carbonyl (C=O) groups excluding carboxylic acids is 1. The zero-order chi connectivity index (χ0) is 22.5. The second kappa shape index (κ2) is 9.65. The Morgan fingerprint density at radius 3 is 2.81 bits per heavy atom. The topological polar surface area (TPSA) is 69.5 Å². The van der Waals surface area contributed by atoms with E-state index in [0.29, 0.717) is 36.6 Å². The summed E-state index contributed by atoms with van der Waals surface area (Å²) in [5.41, 5.74) is 2.18. The molecule has 0 bridgehead atoms. The van der Waals surface area contributed by atoms with E-state index in [1.807, 2.05) is 41.8 Å². The van der Waals surface area contributed by atoms with Crippen LogP contribution in [0, 0.1) is 0 Å². The highest BCUT2D eigenvalue weighted by Gasteiger charge is 2.18. The van der Waals surface area contributed by atoms with Crippen LogP contribution in [0.15, 0.2) is 66.8 Å². The minimum Gasteiger partial charge on any atom is -0.497 e. The van der Waals surface area contributed by atoms with E-state index in [-0.39, 0.29) is 5.91 Å². The maximum Gasteiger partial charge on any atom is 0.256 e. The molecule has 0 aliphatic carbocycles. The zero-order valence-electron chi connectivity index (χ0n) is 18.0. The minimum absolute atomic E-state index is 0.0859. The molecule has 0 radical (unpaired) electrons. The lowest BCUT2D eigenvalue weighted by atomic mass is 10.2. The molecule has 0 saturated carbocycles. The summed E-state index contributed by atoms with van der Waals surface area (Å²) in [6, 6.07) is 11.5. The average Bonchev–Trinajstić information content (AvgIpc) is 3.48. The molecule has 8 heteroatoms. The highest BCUT2D eigenvalue weighted by Crippen LogP contribution is 2.26. The molecule has 0 aliphatic heterocycles. The second-order valence-electron chi connectivity index (χ2n) is 7.17. The third kappa shape index (κ3) is 4.50. The van der Waals surface area contributed by atoms with Crippen molar-refractivity contribution in [2.24, 2.45) is 0 Å². The number of ether oxygens (including phenoxy) is 2. The molecule has 0 fully saturated rings. The lowest BCUT2D eigenvalue weighted by molar-refractivity contribution is 0.0764. The Labute approximate surface area is 190 Å². The van der Waals surface area contributed by atoms with E-state index in [4.69, 9.17) is 9.47 Å². The summed E-state index contributed by atoms with van der Waals surface area (Å²) in [4.78, 5) is 20.6. The van der Waals surface area contributed by atoms with Crippen LogP contribution < -0.4 is 9.47 Å². The van der Waals surface area contributed by atoms with Crippen LogP contribution in [0.2, 0.25) is 0 Å². The second-order valence-corrected chi connectivity index (χ2v) is 8.20. The molecular formula is C24H24N4O3S. The molecule has 4 aromatic rings. The van der Waals surface area contributed by atoms with Gasteiger partial charge >= 0.3 is 0 Å². The predicted octanol–water partition coefficient (Wildman–Crippen LogP) is 4.39. The number of benzene rings is 1. The van der Waals surface area contributed by atoms with Crippen molar-refractivity contribution in [1.82, 2.24) is 19.7 Å². The molecule has 0 unspecified atom stereocenters. The van der Waals surface area contributed by atoms with Gasteiger partial charge in [0, 0.05) is 34.6 Å². The number of hydrogen-bond acceptors (Lipinski definition) is 6. The predicted molar refractivity (Wildman–Crippen MR) is 125 cm³/mol. The van der Waals surface area contributed by atoms with Gasteiger partial charge in [-0.05, 0) is 29.6 Å². The van der Waals surface area contributed by atoms with Crippen molar-refractivity contribution in [1.29, 1.82) is 0 Å². The van der Waals surface area contributed by atoms with Gasteiger partial charge in [-0.15, -0.1) is 17.9 Å². The molecule has 0 atom stereocenters. The van der Waals surface area contributed by atoms with E-state index in [0.717, 1.165) is 21.6 Å². The number of aromatic nitrogens is 3. The van der Waals surface area contributed by atoms with Crippen LogP contribution in [-0.4, -0.2) is 46.3 Å². The molecule has 32 heavy (non-hydrogen) atoms. The first-order valence-electron chi connectivity index (χ1n) is 10.1. The molecule has 164 valence electrons. The Bertz CT molecular complexity index is 1230. The van der Waals surface area contributed by atoms with Crippen LogP contribution in [-0.2, 0) is 13.1 Å². The first-order valence-corrected chi connectivity index (χ1v) is 11.0. The van der Waals surface area contributed by atoms with Crippen molar-refractivity contribution in [2.45, 2.75) is 13.1 Å². The van der Waals surface area contributed by atoms with Gasteiger partial charge in [-0.25, -0.2) is 9.67 Å². The third-order valence-corrected chi connectivity index (χ3v) is 5.96. The molecule has 3 heterocycles. The van der Waals surface area contributed by atoms with Gasteiger partial charge < -0.3 is 14.4 Å². The van der Waals surface area contributed by atoms with Crippen LogP contribution in [0.25, 0.3) is 11.0 Å². The maximum absolute atomic E-state index is 13.1. The number of carbonyl (C=O) groups is 1. The van der Waals surface area contributed by atoms with Crippen LogP contribution >= 0.6 is 11.3 Å². The normalized spacial score (nSPS) is 10.8. The molecule has 0 saturated heterocycles. The molecule has 4 rings (SSSR count). The Hall–Kier alpha value is -3.65. The monoisotopic (exact) mass is 448 g/mol. The summed E-state index contributed by atoms with van der Waals surface area (Å²) >= 11 is 1.63. The van der Waals surface area contributed by atoms with E-state index in [1.165, 1.54) is 0 Å². The van der Waals surface area contributed by atoms with Crippen LogP contribution in [0.1, 0.15) is 20.8 Å². The van der Waals surface area contributed by atoms with E-state index in [2.05, 4.69) is 16.7 Å². The lowest BCUT2D eigenvalue weighted by Gasteiger charge is -2.20. The van der Waals surface area contributed by atoms with Gasteiger partial charge in [0.05, 0.1) is 39.1 Å². The molecule has 0 spiro atoms. The first-order chi connectivity index (χ1) is 15.6. The van der Waals surface area contributed by atoms with E-state index in [1.54, 1.807) is 53.6 Å². The van der Waals surface area contributed by atoms with Crippen molar-refractivity contribution >= 4 is 28.3 Å². The number of amides is 1. The average molecular weight is 449 g/mol. The van der Waals surface area contributed by atoms with Gasteiger partial charge in [0.15, 0.2) is 5.65 Å². The lowest BCUT2D eigenvalue weighted by Crippen LogP contribution is -2.30. The quantitative estimate of drug-likeness (QED) is 0.355. The number of methoxy groups -OCH3 is 2. The fourth-order valence-electron chi connectivity index (χ4n) is 3.50. The van der Waals surface area contributed by atoms with E-state index in [9.17, 15) is 4.79 Å². The van der Waals surface area contributed by atoms with Gasteiger partial charge in [0.1, 0.15) is 11.5 Å². The van der Waals surface area contributed by atoms with Crippen LogP contribution in [0.5, 0.6) is 11.5 Å². The number of fused-ring (bicyclic) bond motifs is 1. The van der Waals surface area contributed by atoms with Crippen molar-refractivity contribution in [3.63, 3.8) is 0 Å². The largest absolute Gasteiger partial charge is 0.497 e. The van der Waals surface area contributed by atoms with Crippen LogP contribution in [0.3, 0.4) is 0 Å². The summed E-state index contributed by atoms with van der Waals surface area (Å²) in [6.07, 6.45) is 5.07. The van der Waals surface area contributed by atoms with Gasteiger partial charge in [-0.1, -0.05) is 12.1 Å². The summed E-state index contributed by atoms with van der Waals surface area (Å²) in [6.45, 7) is 5.27.